The zero-order chi connectivity index (χ0) is 17.1. The second-order valence-electron chi connectivity index (χ2n) is 5.74. The SMILES string of the molecule is C[C@]1(CO)CCCN1C(=O)Nc1ccccc1SCC(F)(F)F. The van der Waals surface area contributed by atoms with Gasteiger partial charge in [-0.05, 0) is 31.9 Å². The topological polar surface area (TPSA) is 52.6 Å². The van der Waals surface area contributed by atoms with Crippen LogP contribution in [0, 0.1) is 0 Å². The molecular weight excluding hydrogens is 329 g/mol. The summed E-state index contributed by atoms with van der Waals surface area (Å²) in [5, 5.41) is 12.2. The van der Waals surface area contributed by atoms with E-state index < -0.39 is 23.5 Å². The standard InChI is InChI=1S/C15H19F3N2O2S/c1-14(9-21)7-4-8-20(14)13(22)19-11-5-2-3-6-12(11)23-10-15(16,17)18/h2-3,5-6,21H,4,7-10H2,1H3,(H,19,22)/t14-/m1/s1. The van der Waals surface area contributed by atoms with E-state index >= 15 is 0 Å². The van der Waals surface area contributed by atoms with E-state index in [0.717, 1.165) is 6.42 Å². The molecule has 1 aromatic carbocycles. The number of thioether (sulfide) groups is 1. The molecule has 0 aromatic heterocycles. The zero-order valence-electron chi connectivity index (χ0n) is 12.7. The number of halogens is 3. The van der Waals surface area contributed by atoms with Crippen LogP contribution in [0.5, 0.6) is 0 Å². The van der Waals surface area contributed by atoms with Crippen molar-refractivity contribution in [3.05, 3.63) is 24.3 Å². The van der Waals surface area contributed by atoms with Crippen molar-refractivity contribution in [3.63, 3.8) is 0 Å². The molecule has 2 rings (SSSR count). The molecule has 0 aliphatic carbocycles. The number of anilines is 1. The van der Waals surface area contributed by atoms with Gasteiger partial charge in [0.15, 0.2) is 0 Å². The van der Waals surface area contributed by atoms with E-state index in [-0.39, 0.29) is 6.61 Å². The molecule has 1 fully saturated rings. The van der Waals surface area contributed by atoms with Gasteiger partial charge < -0.3 is 15.3 Å². The number of carbonyl (C=O) groups is 1. The van der Waals surface area contributed by atoms with Crippen molar-refractivity contribution in [2.45, 2.75) is 36.4 Å². The molecule has 0 unspecified atom stereocenters. The van der Waals surface area contributed by atoms with Crippen molar-refractivity contribution in [1.82, 2.24) is 4.90 Å². The highest BCUT2D eigenvalue weighted by molar-refractivity contribution is 7.99. The normalized spacial score (nSPS) is 21.5. The van der Waals surface area contributed by atoms with E-state index in [0.29, 0.717) is 35.3 Å². The maximum Gasteiger partial charge on any atom is 0.398 e. The molecule has 1 saturated heterocycles. The van der Waals surface area contributed by atoms with Crippen LogP contribution in [0.25, 0.3) is 0 Å². The minimum absolute atomic E-state index is 0.148. The predicted molar refractivity (Wildman–Crippen MR) is 83.7 cm³/mol. The number of nitrogens with one attached hydrogen (secondary N) is 1. The predicted octanol–water partition coefficient (Wildman–Crippen LogP) is 3.72. The van der Waals surface area contributed by atoms with Crippen LogP contribution in [0.15, 0.2) is 29.2 Å². The molecule has 23 heavy (non-hydrogen) atoms. The number of nitrogens with zero attached hydrogens (tertiary/aromatic N) is 1. The summed E-state index contributed by atoms with van der Waals surface area (Å²) in [7, 11) is 0. The third kappa shape index (κ3) is 4.54. The van der Waals surface area contributed by atoms with Gasteiger partial charge in [-0.2, -0.15) is 13.2 Å². The van der Waals surface area contributed by atoms with Gasteiger partial charge in [0.1, 0.15) is 0 Å². The summed E-state index contributed by atoms with van der Waals surface area (Å²) in [5.74, 6) is -1.02. The summed E-state index contributed by atoms with van der Waals surface area (Å²) in [4.78, 5) is 14.3. The number of hydrogen-bond donors (Lipinski definition) is 2. The van der Waals surface area contributed by atoms with Crippen molar-refractivity contribution < 1.29 is 23.1 Å². The van der Waals surface area contributed by atoms with Crippen LogP contribution in [0.3, 0.4) is 0 Å². The molecule has 1 heterocycles. The molecule has 0 saturated carbocycles. The molecule has 1 aliphatic heterocycles. The van der Waals surface area contributed by atoms with E-state index in [2.05, 4.69) is 5.32 Å². The van der Waals surface area contributed by atoms with Crippen LogP contribution < -0.4 is 5.32 Å². The van der Waals surface area contributed by atoms with Crippen LogP contribution >= 0.6 is 11.8 Å². The Morgan fingerprint density at radius 2 is 2.13 bits per heavy atom. The summed E-state index contributed by atoms with van der Waals surface area (Å²) >= 11 is 0.637. The van der Waals surface area contributed by atoms with Crippen LogP contribution in [0.1, 0.15) is 19.8 Å². The quantitative estimate of drug-likeness (QED) is 0.816. The van der Waals surface area contributed by atoms with E-state index in [1.54, 1.807) is 31.2 Å². The number of alkyl halides is 3. The molecule has 2 N–H and O–H groups in total. The third-order valence-corrected chi connectivity index (χ3v) is 4.99. The van der Waals surface area contributed by atoms with Crippen LogP contribution in [-0.2, 0) is 0 Å². The van der Waals surface area contributed by atoms with Gasteiger partial charge in [0.2, 0.25) is 0 Å². The van der Waals surface area contributed by atoms with Gasteiger partial charge >= 0.3 is 12.2 Å². The molecule has 1 aliphatic rings. The maximum absolute atomic E-state index is 12.4. The Morgan fingerprint density at radius 3 is 2.78 bits per heavy atom. The fourth-order valence-corrected chi connectivity index (χ4v) is 3.34. The number of carbonyl (C=O) groups excluding carboxylic acids is 1. The van der Waals surface area contributed by atoms with Crippen LogP contribution in [-0.4, -0.2) is 46.7 Å². The number of likely N-dealkylation sites (tertiary alicyclic amines) is 1. The lowest BCUT2D eigenvalue weighted by Gasteiger charge is -2.33. The molecule has 2 amide bonds. The number of para-hydroxylation sites is 1. The first-order valence-electron chi connectivity index (χ1n) is 7.23. The maximum atomic E-state index is 12.4. The largest absolute Gasteiger partial charge is 0.398 e. The zero-order valence-corrected chi connectivity index (χ0v) is 13.5. The lowest BCUT2D eigenvalue weighted by molar-refractivity contribution is -0.105. The molecule has 4 nitrogen and oxygen atoms in total. The Hall–Kier alpha value is -1.41. The van der Waals surface area contributed by atoms with Crippen molar-refractivity contribution in [3.8, 4) is 0 Å². The molecule has 0 radical (unpaired) electrons. The molecule has 0 bridgehead atoms. The highest BCUT2D eigenvalue weighted by atomic mass is 32.2. The van der Waals surface area contributed by atoms with Crippen molar-refractivity contribution >= 4 is 23.5 Å². The fourth-order valence-electron chi connectivity index (χ4n) is 2.57. The van der Waals surface area contributed by atoms with E-state index in [9.17, 15) is 23.1 Å². The minimum Gasteiger partial charge on any atom is -0.394 e. The first-order valence-corrected chi connectivity index (χ1v) is 8.22. The van der Waals surface area contributed by atoms with Gasteiger partial charge in [0, 0.05) is 11.4 Å². The highest BCUT2D eigenvalue weighted by Gasteiger charge is 2.39. The lowest BCUT2D eigenvalue weighted by Crippen LogP contribution is -2.49. The number of benzene rings is 1. The Labute approximate surface area is 137 Å². The van der Waals surface area contributed by atoms with Gasteiger partial charge in [0.25, 0.3) is 0 Å². The molecular formula is C15H19F3N2O2S. The summed E-state index contributed by atoms with van der Waals surface area (Å²) < 4.78 is 37.2. The van der Waals surface area contributed by atoms with Crippen molar-refractivity contribution in [2.24, 2.45) is 0 Å². The van der Waals surface area contributed by atoms with Crippen molar-refractivity contribution in [1.29, 1.82) is 0 Å². The Morgan fingerprint density at radius 1 is 1.43 bits per heavy atom. The third-order valence-electron chi connectivity index (χ3n) is 3.85. The Balaban J connectivity index is 2.09. The van der Waals surface area contributed by atoms with Gasteiger partial charge in [-0.25, -0.2) is 4.79 Å². The number of hydrogen-bond acceptors (Lipinski definition) is 3. The summed E-state index contributed by atoms with van der Waals surface area (Å²) in [6, 6.07) is 5.99. The summed E-state index contributed by atoms with van der Waals surface area (Å²) in [6.45, 7) is 2.16. The molecule has 128 valence electrons. The number of aliphatic hydroxyl groups excluding tert-OH is 1. The van der Waals surface area contributed by atoms with Gasteiger partial charge in [-0.3, -0.25) is 0 Å². The average molecular weight is 348 g/mol. The number of rotatable bonds is 4. The molecule has 8 heteroatoms. The summed E-state index contributed by atoms with van der Waals surface area (Å²) in [5.41, 5.74) is -0.281. The fraction of sp³-hybridized carbons (Fsp3) is 0.533. The number of aliphatic hydroxyl groups is 1. The first kappa shape index (κ1) is 17.9. The number of amides is 2. The van der Waals surface area contributed by atoms with Gasteiger partial charge in [-0.15, -0.1) is 11.8 Å². The average Bonchev–Trinajstić information content (AvgIpc) is 2.88. The number of urea groups is 1. The lowest BCUT2D eigenvalue weighted by atomic mass is 10.0. The van der Waals surface area contributed by atoms with Gasteiger partial charge in [0.05, 0.1) is 23.6 Å². The van der Waals surface area contributed by atoms with E-state index in [1.165, 1.54) is 4.90 Å². The van der Waals surface area contributed by atoms with Gasteiger partial charge in [-0.1, -0.05) is 12.1 Å². The summed E-state index contributed by atoms with van der Waals surface area (Å²) in [6.07, 6.45) is -2.79. The van der Waals surface area contributed by atoms with E-state index in [1.807, 2.05) is 0 Å². The first-order chi connectivity index (χ1) is 10.7. The minimum atomic E-state index is -4.27. The van der Waals surface area contributed by atoms with Crippen LogP contribution in [0.2, 0.25) is 0 Å². The molecule has 0 spiro atoms. The highest BCUT2D eigenvalue weighted by Crippen LogP contribution is 2.33. The molecule has 1 aromatic rings. The Bertz CT molecular complexity index is 568. The second kappa shape index (κ2) is 7.00. The smallest absolute Gasteiger partial charge is 0.394 e. The van der Waals surface area contributed by atoms with Crippen LogP contribution in [0.4, 0.5) is 23.7 Å². The molecule has 1 atom stereocenters. The monoisotopic (exact) mass is 348 g/mol. The second-order valence-corrected chi connectivity index (χ2v) is 6.76. The Kier molecular flexibility index (Phi) is 5.46. The van der Waals surface area contributed by atoms with Crippen molar-refractivity contribution in [2.75, 3.05) is 24.2 Å². The van der Waals surface area contributed by atoms with E-state index in [4.69, 9.17) is 0 Å².